The number of ether oxygens (including phenoxy) is 1. The van der Waals surface area contributed by atoms with Gasteiger partial charge < -0.3 is 10.1 Å². The summed E-state index contributed by atoms with van der Waals surface area (Å²) in [4.78, 5) is 13.1. The molecule has 1 aliphatic heterocycles. The van der Waals surface area contributed by atoms with E-state index in [2.05, 4.69) is 10.0 Å². The Morgan fingerprint density at radius 2 is 2.05 bits per heavy atom. The molecular weight excluding hydrogens is 282 g/mol. The molecule has 110 valence electrons. The van der Waals surface area contributed by atoms with Crippen LogP contribution in [0.4, 0.5) is 16.2 Å². The van der Waals surface area contributed by atoms with Crippen LogP contribution in [-0.4, -0.2) is 47.0 Å². The molecule has 0 spiro atoms. The van der Waals surface area contributed by atoms with E-state index < -0.39 is 10.0 Å². The third-order valence-electron chi connectivity index (χ3n) is 2.87. The predicted molar refractivity (Wildman–Crippen MR) is 76.5 cm³/mol. The molecular formula is C12H17N3O4S. The maximum absolute atomic E-state index is 11.7. The highest BCUT2D eigenvalue weighted by Gasteiger charge is 2.20. The average Bonchev–Trinajstić information content (AvgIpc) is 2.83. The van der Waals surface area contributed by atoms with Gasteiger partial charge in [0.25, 0.3) is 0 Å². The number of amides is 2. The zero-order chi connectivity index (χ0) is 14.6. The Morgan fingerprint density at radius 3 is 2.60 bits per heavy atom. The molecule has 0 unspecified atom stereocenters. The van der Waals surface area contributed by atoms with Crippen LogP contribution in [0.5, 0.6) is 0 Å². The fraction of sp³-hybridized carbons (Fsp3) is 0.417. The van der Waals surface area contributed by atoms with Gasteiger partial charge in [0.2, 0.25) is 10.0 Å². The van der Waals surface area contributed by atoms with Gasteiger partial charge in [-0.2, -0.15) is 0 Å². The van der Waals surface area contributed by atoms with E-state index in [0.29, 0.717) is 18.8 Å². The molecule has 0 bridgehead atoms. The first kappa shape index (κ1) is 14.6. The molecule has 2 amide bonds. The fourth-order valence-corrected chi connectivity index (χ4v) is 2.83. The molecule has 0 aromatic heterocycles. The number of urea groups is 1. The summed E-state index contributed by atoms with van der Waals surface area (Å²) in [5.41, 5.74) is 1.20. The topological polar surface area (TPSA) is 87.7 Å². The Balaban J connectivity index is 2.03. The molecule has 0 radical (unpaired) electrons. The summed E-state index contributed by atoms with van der Waals surface area (Å²) in [6.45, 7) is 1.36. The Morgan fingerprint density at radius 1 is 1.35 bits per heavy atom. The number of carbonyl (C=O) groups is 1. The Labute approximate surface area is 118 Å². The summed E-state index contributed by atoms with van der Waals surface area (Å²) in [6, 6.07) is 6.53. The van der Waals surface area contributed by atoms with Gasteiger partial charge in [0.05, 0.1) is 12.4 Å². The van der Waals surface area contributed by atoms with Crippen LogP contribution in [0.1, 0.15) is 0 Å². The number of carbonyl (C=O) groups excluding carboxylic acids is 1. The van der Waals surface area contributed by atoms with Gasteiger partial charge in [0.1, 0.15) is 0 Å². The van der Waals surface area contributed by atoms with Gasteiger partial charge in [0.15, 0.2) is 0 Å². The van der Waals surface area contributed by atoms with Crippen LogP contribution in [0.15, 0.2) is 24.3 Å². The molecule has 8 heteroatoms. The number of hydrogen-bond donors (Lipinski definition) is 2. The van der Waals surface area contributed by atoms with Crippen molar-refractivity contribution >= 4 is 27.4 Å². The Hall–Kier alpha value is -1.80. The van der Waals surface area contributed by atoms with Crippen LogP contribution < -0.4 is 14.9 Å². The fourth-order valence-electron chi connectivity index (χ4n) is 1.85. The molecule has 0 atom stereocenters. The van der Waals surface area contributed by atoms with Gasteiger partial charge in [-0.3, -0.25) is 9.62 Å². The number of sulfonamides is 1. The summed E-state index contributed by atoms with van der Waals surface area (Å²) in [7, 11) is -1.96. The second-order valence-corrected chi connectivity index (χ2v) is 6.19. The van der Waals surface area contributed by atoms with Gasteiger partial charge in [-0.05, 0) is 24.3 Å². The number of rotatable bonds is 6. The maximum atomic E-state index is 11.7. The summed E-state index contributed by atoms with van der Waals surface area (Å²) >= 11 is 0. The van der Waals surface area contributed by atoms with Gasteiger partial charge >= 0.3 is 6.03 Å². The molecule has 1 fully saturated rings. The van der Waals surface area contributed by atoms with Crippen molar-refractivity contribution < 1.29 is 17.9 Å². The van der Waals surface area contributed by atoms with E-state index >= 15 is 0 Å². The van der Waals surface area contributed by atoms with Crippen molar-refractivity contribution in [3.8, 4) is 0 Å². The lowest BCUT2D eigenvalue weighted by atomic mass is 10.2. The monoisotopic (exact) mass is 299 g/mol. The normalized spacial score (nSPS) is 15.2. The number of hydrogen-bond acceptors (Lipinski definition) is 4. The Kier molecular flexibility index (Phi) is 4.46. The van der Waals surface area contributed by atoms with E-state index in [9.17, 15) is 13.2 Å². The molecule has 2 N–H and O–H groups in total. The van der Waals surface area contributed by atoms with E-state index in [4.69, 9.17) is 4.74 Å². The minimum atomic E-state index is -3.41. The number of methoxy groups -OCH3 is 1. The lowest BCUT2D eigenvalue weighted by Gasteiger charge is -2.15. The minimum absolute atomic E-state index is 0.0974. The van der Waals surface area contributed by atoms with Crippen LogP contribution in [0.2, 0.25) is 0 Å². The summed E-state index contributed by atoms with van der Waals surface area (Å²) in [5.74, 6) is -0.0974. The highest BCUT2D eigenvalue weighted by atomic mass is 32.2. The Bertz CT molecular complexity index is 571. The SMILES string of the molecule is COCCS(=O)(=O)Nc1ccc(N2CCNC2=O)cc1. The number of nitrogens with one attached hydrogen (secondary N) is 2. The predicted octanol–water partition coefficient (Wildman–Crippen LogP) is 0.604. The average molecular weight is 299 g/mol. The van der Waals surface area contributed by atoms with Crippen molar-refractivity contribution in [2.24, 2.45) is 0 Å². The smallest absolute Gasteiger partial charge is 0.321 e. The van der Waals surface area contributed by atoms with Crippen molar-refractivity contribution in [1.29, 1.82) is 0 Å². The van der Waals surface area contributed by atoms with Crippen LogP contribution in [-0.2, 0) is 14.8 Å². The van der Waals surface area contributed by atoms with Crippen molar-refractivity contribution in [3.63, 3.8) is 0 Å². The van der Waals surface area contributed by atoms with E-state index in [-0.39, 0.29) is 18.4 Å². The second-order valence-electron chi connectivity index (χ2n) is 4.34. The number of anilines is 2. The van der Waals surface area contributed by atoms with Gasteiger partial charge in [-0.15, -0.1) is 0 Å². The maximum Gasteiger partial charge on any atom is 0.321 e. The minimum Gasteiger partial charge on any atom is -0.384 e. The zero-order valence-electron chi connectivity index (χ0n) is 11.1. The summed E-state index contributed by atoms with van der Waals surface area (Å²) < 4.78 is 30.6. The van der Waals surface area contributed by atoms with Crippen LogP contribution in [0.25, 0.3) is 0 Å². The molecule has 20 heavy (non-hydrogen) atoms. The molecule has 1 heterocycles. The molecule has 1 saturated heterocycles. The van der Waals surface area contributed by atoms with Crippen molar-refractivity contribution in [3.05, 3.63) is 24.3 Å². The highest BCUT2D eigenvalue weighted by Crippen LogP contribution is 2.20. The molecule has 1 aliphatic rings. The van der Waals surface area contributed by atoms with E-state index in [0.717, 1.165) is 5.69 Å². The largest absolute Gasteiger partial charge is 0.384 e. The lowest BCUT2D eigenvalue weighted by molar-refractivity contribution is 0.217. The summed E-state index contributed by atoms with van der Waals surface area (Å²) in [5, 5.41) is 2.71. The van der Waals surface area contributed by atoms with Gasteiger partial charge in [-0.25, -0.2) is 13.2 Å². The lowest BCUT2D eigenvalue weighted by Crippen LogP contribution is -2.27. The zero-order valence-corrected chi connectivity index (χ0v) is 11.9. The molecule has 0 aliphatic carbocycles. The van der Waals surface area contributed by atoms with Crippen LogP contribution in [0.3, 0.4) is 0 Å². The molecule has 1 aromatic rings. The van der Waals surface area contributed by atoms with Crippen molar-refractivity contribution in [2.75, 3.05) is 42.2 Å². The molecule has 7 nitrogen and oxygen atoms in total. The van der Waals surface area contributed by atoms with E-state index in [1.165, 1.54) is 7.11 Å². The quantitative estimate of drug-likeness (QED) is 0.805. The highest BCUT2D eigenvalue weighted by molar-refractivity contribution is 7.92. The third-order valence-corrected chi connectivity index (χ3v) is 4.12. The molecule has 0 saturated carbocycles. The van der Waals surface area contributed by atoms with E-state index in [1.54, 1.807) is 29.2 Å². The second kappa shape index (κ2) is 6.10. The van der Waals surface area contributed by atoms with E-state index in [1.807, 2.05) is 0 Å². The molecule has 2 rings (SSSR count). The first-order valence-electron chi connectivity index (χ1n) is 6.17. The van der Waals surface area contributed by atoms with Crippen LogP contribution >= 0.6 is 0 Å². The standard InChI is InChI=1S/C12H17N3O4S/c1-19-8-9-20(17,18)14-10-2-4-11(5-3-10)15-7-6-13-12(15)16/h2-5,14H,6-9H2,1H3,(H,13,16). The molecule has 1 aromatic carbocycles. The number of nitrogens with zero attached hydrogens (tertiary/aromatic N) is 1. The van der Waals surface area contributed by atoms with Crippen LogP contribution in [0, 0.1) is 0 Å². The number of benzene rings is 1. The third kappa shape index (κ3) is 3.61. The van der Waals surface area contributed by atoms with Gasteiger partial charge in [0, 0.05) is 31.6 Å². The first-order chi connectivity index (χ1) is 9.52. The first-order valence-corrected chi connectivity index (χ1v) is 7.82. The van der Waals surface area contributed by atoms with Gasteiger partial charge in [-0.1, -0.05) is 0 Å². The van der Waals surface area contributed by atoms with Crippen molar-refractivity contribution in [1.82, 2.24) is 5.32 Å². The van der Waals surface area contributed by atoms with Crippen molar-refractivity contribution in [2.45, 2.75) is 0 Å². The summed E-state index contributed by atoms with van der Waals surface area (Å²) in [6.07, 6.45) is 0.